The third kappa shape index (κ3) is 5.68. The van der Waals surface area contributed by atoms with Crippen molar-refractivity contribution in [3.05, 3.63) is 0 Å². The number of hydrogen-bond donors (Lipinski definition) is 2. The first-order valence-corrected chi connectivity index (χ1v) is 6.19. The van der Waals surface area contributed by atoms with E-state index in [4.69, 9.17) is 9.84 Å². The van der Waals surface area contributed by atoms with Crippen molar-refractivity contribution >= 4 is 11.9 Å². The summed E-state index contributed by atoms with van der Waals surface area (Å²) in [6.45, 7) is 2.35. The number of amides is 1. The number of carboxylic acids is 1. The number of nitrogens with one attached hydrogen (secondary N) is 1. The second-order valence-electron chi connectivity index (χ2n) is 4.60. The summed E-state index contributed by atoms with van der Waals surface area (Å²) >= 11 is 0. The fourth-order valence-electron chi connectivity index (χ4n) is 2.07. The molecule has 1 aliphatic rings. The highest BCUT2D eigenvalue weighted by Crippen LogP contribution is 2.25. The highest BCUT2D eigenvalue weighted by molar-refractivity contribution is 5.77. The third-order valence-corrected chi connectivity index (χ3v) is 3.12. The maximum Gasteiger partial charge on any atom is 0.305 e. The van der Waals surface area contributed by atoms with E-state index in [1.165, 1.54) is 6.42 Å². The number of rotatable bonds is 6. The van der Waals surface area contributed by atoms with Crippen LogP contribution in [0.4, 0.5) is 0 Å². The normalized spacial score (nSPS) is 24.3. The molecule has 1 aliphatic carbocycles. The summed E-state index contributed by atoms with van der Waals surface area (Å²) in [7, 11) is 0. The molecule has 0 aromatic rings. The van der Waals surface area contributed by atoms with Gasteiger partial charge in [-0.05, 0) is 18.8 Å². The summed E-state index contributed by atoms with van der Waals surface area (Å²) < 4.78 is 5.56. The number of aliphatic carboxylic acids is 1. The Morgan fingerprint density at radius 2 is 2.06 bits per heavy atom. The second kappa shape index (κ2) is 7.27. The van der Waals surface area contributed by atoms with E-state index in [0.29, 0.717) is 5.92 Å². The van der Waals surface area contributed by atoms with Gasteiger partial charge < -0.3 is 15.2 Å². The molecule has 0 saturated heterocycles. The molecule has 5 nitrogen and oxygen atoms in total. The first-order chi connectivity index (χ1) is 8.09. The smallest absolute Gasteiger partial charge is 0.305 e. The van der Waals surface area contributed by atoms with Crippen molar-refractivity contribution in [2.45, 2.75) is 45.1 Å². The van der Waals surface area contributed by atoms with Crippen molar-refractivity contribution in [2.75, 3.05) is 13.2 Å². The summed E-state index contributed by atoms with van der Waals surface area (Å²) in [5.74, 6) is -0.633. The van der Waals surface area contributed by atoms with Gasteiger partial charge >= 0.3 is 5.97 Å². The Morgan fingerprint density at radius 3 is 2.71 bits per heavy atom. The van der Waals surface area contributed by atoms with E-state index in [-0.39, 0.29) is 31.6 Å². The Labute approximate surface area is 102 Å². The van der Waals surface area contributed by atoms with Crippen molar-refractivity contribution in [1.29, 1.82) is 0 Å². The Kier molecular flexibility index (Phi) is 5.97. The predicted molar refractivity (Wildman–Crippen MR) is 62.6 cm³/mol. The van der Waals surface area contributed by atoms with Crippen LogP contribution in [0.1, 0.15) is 39.0 Å². The van der Waals surface area contributed by atoms with Gasteiger partial charge in [0, 0.05) is 6.54 Å². The lowest BCUT2D eigenvalue weighted by atomic mass is 9.88. The molecule has 98 valence electrons. The van der Waals surface area contributed by atoms with Crippen molar-refractivity contribution in [2.24, 2.45) is 5.92 Å². The molecule has 1 saturated carbocycles. The molecule has 0 aromatic carbocycles. The lowest BCUT2D eigenvalue weighted by Crippen LogP contribution is -2.34. The molecule has 5 heteroatoms. The number of carbonyl (C=O) groups excluding carboxylic acids is 1. The van der Waals surface area contributed by atoms with E-state index in [0.717, 1.165) is 19.3 Å². The van der Waals surface area contributed by atoms with Crippen LogP contribution in [0.2, 0.25) is 0 Å². The molecular formula is C12H21NO4. The molecule has 17 heavy (non-hydrogen) atoms. The fraction of sp³-hybridized carbons (Fsp3) is 0.833. The first kappa shape index (κ1) is 14.0. The maximum absolute atomic E-state index is 11.3. The average molecular weight is 243 g/mol. The standard InChI is InChI=1S/C12H21NO4/c1-9-4-2-3-5-10(9)17-8-11(14)13-7-6-12(15)16/h9-10H,2-8H2,1H3,(H,13,14)(H,15,16). The third-order valence-electron chi connectivity index (χ3n) is 3.12. The molecule has 0 aromatic heterocycles. The number of carboxylic acid groups (broad SMARTS) is 1. The minimum Gasteiger partial charge on any atom is -0.481 e. The molecule has 1 fully saturated rings. The first-order valence-electron chi connectivity index (χ1n) is 6.19. The number of carbonyl (C=O) groups is 2. The Morgan fingerprint density at radius 1 is 1.35 bits per heavy atom. The summed E-state index contributed by atoms with van der Waals surface area (Å²) in [6.07, 6.45) is 4.70. The largest absolute Gasteiger partial charge is 0.481 e. The zero-order valence-electron chi connectivity index (χ0n) is 10.3. The Balaban J connectivity index is 2.12. The van der Waals surface area contributed by atoms with Gasteiger partial charge in [-0.2, -0.15) is 0 Å². The minimum absolute atomic E-state index is 0.0363. The van der Waals surface area contributed by atoms with Gasteiger partial charge in [-0.15, -0.1) is 0 Å². The van der Waals surface area contributed by atoms with E-state index in [1.54, 1.807) is 0 Å². The average Bonchev–Trinajstić information content (AvgIpc) is 2.27. The molecule has 0 bridgehead atoms. The van der Waals surface area contributed by atoms with Crippen LogP contribution in [0.15, 0.2) is 0 Å². The quantitative estimate of drug-likeness (QED) is 0.734. The van der Waals surface area contributed by atoms with Crippen molar-refractivity contribution in [1.82, 2.24) is 5.32 Å². The SMILES string of the molecule is CC1CCCCC1OCC(=O)NCCC(=O)O. The Bertz CT molecular complexity index is 267. The molecule has 0 heterocycles. The topological polar surface area (TPSA) is 75.6 Å². The molecule has 0 radical (unpaired) electrons. The van der Waals surface area contributed by atoms with Gasteiger partial charge in [0.1, 0.15) is 6.61 Å². The highest BCUT2D eigenvalue weighted by atomic mass is 16.5. The van der Waals surface area contributed by atoms with Crippen LogP contribution in [-0.4, -0.2) is 36.2 Å². The van der Waals surface area contributed by atoms with Crippen molar-refractivity contribution in [3.8, 4) is 0 Å². The van der Waals surface area contributed by atoms with Gasteiger partial charge in [0.05, 0.1) is 12.5 Å². The molecule has 0 aliphatic heterocycles. The molecule has 1 amide bonds. The van der Waals surface area contributed by atoms with Gasteiger partial charge in [-0.1, -0.05) is 19.8 Å². The summed E-state index contributed by atoms with van der Waals surface area (Å²) in [5, 5.41) is 10.9. The molecule has 2 unspecified atom stereocenters. The van der Waals surface area contributed by atoms with Gasteiger partial charge in [-0.25, -0.2) is 0 Å². The molecule has 1 rings (SSSR count). The lowest BCUT2D eigenvalue weighted by Gasteiger charge is -2.28. The molecule has 2 N–H and O–H groups in total. The van der Waals surface area contributed by atoms with Crippen LogP contribution in [0.3, 0.4) is 0 Å². The summed E-state index contributed by atoms with van der Waals surface area (Å²) in [5.41, 5.74) is 0. The van der Waals surface area contributed by atoms with E-state index < -0.39 is 5.97 Å². The number of ether oxygens (including phenoxy) is 1. The zero-order chi connectivity index (χ0) is 12.7. The maximum atomic E-state index is 11.3. The van der Waals surface area contributed by atoms with Gasteiger partial charge in [0.25, 0.3) is 0 Å². The fourth-order valence-corrected chi connectivity index (χ4v) is 2.07. The monoisotopic (exact) mass is 243 g/mol. The van der Waals surface area contributed by atoms with Crippen LogP contribution < -0.4 is 5.32 Å². The second-order valence-corrected chi connectivity index (χ2v) is 4.60. The number of hydrogen-bond acceptors (Lipinski definition) is 3. The summed E-state index contributed by atoms with van der Waals surface area (Å²) in [4.78, 5) is 21.6. The molecule has 0 spiro atoms. The van der Waals surface area contributed by atoms with Crippen LogP contribution in [-0.2, 0) is 14.3 Å². The summed E-state index contributed by atoms with van der Waals surface area (Å²) in [6, 6.07) is 0. The molecule has 2 atom stereocenters. The van der Waals surface area contributed by atoms with E-state index in [2.05, 4.69) is 12.2 Å². The van der Waals surface area contributed by atoms with Gasteiger partial charge in [0.15, 0.2) is 0 Å². The van der Waals surface area contributed by atoms with Crippen molar-refractivity contribution in [3.63, 3.8) is 0 Å². The van der Waals surface area contributed by atoms with Gasteiger partial charge in [0.2, 0.25) is 5.91 Å². The van der Waals surface area contributed by atoms with Crippen LogP contribution >= 0.6 is 0 Å². The van der Waals surface area contributed by atoms with E-state index in [9.17, 15) is 9.59 Å². The van der Waals surface area contributed by atoms with E-state index >= 15 is 0 Å². The van der Waals surface area contributed by atoms with E-state index in [1.807, 2.05) is 0 Å². The lowest BCUT2D eigenvalue weighted by molar-refractivity contribution is -0.137. The van der Waals surface area contributed by atoms with Crippen LogP contribution in [0, 0.1) is 5.92 Å². The highest BCUT2D eigenvalue weighted by Gasteiger charge is 2.22. The van der Waals surface area contributed by atoms with Crippen LogP contribution in [0.5, 0.6) is 0 Å². The predicted octanol–water partition coefficient (Wildman–Crippen LogP) is 1.17. The minimum atomic E-state index is -0.910. The zero-order valence-corrected chi connectivity index (χ0v) is 10.3. The van der Waals surface area contributed by atoms with Gasteiger partial charge in [-0.3, -0.25) is 9.59 Å². The molecular weight excluding hydrogens is 222 g/mol. The van der Waals surface area contributed by atoms with Crippen molar-refractivity contribution < 1.29 is 19.4 Å². The Hall–Kier alpha value is -1.10. The van der Waals surface area contributed by atoms with Crippen LogP contribution in [0.25, 0.3) is 0 Å².